The van der Waals surface area contributed by atoms with E-state index in [4.69, 9.17) is 26.3 Å². The Bertz CT molecular complexity index is 661. The van der Waals surface area contributed by atoms with Crippen LogP contribution in [0.4, 0.5) is 0 Å². The molecule has 0 fully saturated rings. The summed E-state index contributed by atoms with van der Waals surface area (Å²) in [6.07, 6.45) is 0.737. The highest BCUT2D eigenvalue weighted by Crippen LogP contribution is 2.37. The SMILES string of the molecule is N#CC1CCOc2cc(Oc3ccc(Cl)cc3)ccc21. The highest BCUT2D eigenvalue weighted by atomic mass is 35.5. The third kappa shape index (κ3) is 2.56. The lowest BCUT2D eigenvalue weighted by molar-refractivity contribution is 0.279. The molecular formula is C16H12ClNO2. The lowest BCUT2D eigenvalue weighted by Gasteiger charge is -2.21. The van der Waals surface area contributed by atoms with Gasteiger partial charge in [0.15, 0.2) is 0 Å². The van der Waals surface area contributed by atoms with E-state index in [0.717, 1.165) is 17.7 Å². The number of hydrogen-bond donors (Lipinski definition) is 0. The maximum atomic E-state index is 9.12. The van der Waals surface area contributed by atoms with E-state index >= 15 is 0 Å². The zero-order valence-corrected chi connectivity index (χ0v) is 11.4. The van der Waals surface area contributed by atoms with Crippen molar-refractivity contribution in [1.29, 1.82) is 5.26 Å². The smallest absolute Gasteiger partial charge is 0.131 e. The van der Waals surface area contributed by atoms with Crippen LogP contribution in [0.2, 0.25) is 5.02 Å². The third-order valence-corrected chi connectivity index (χ3v) is 3.48. The van der Waals surface area contributed by atoms with E-state index in [1.165, 1.54) is 0 Å². The fourth-order valence-corrected chi connectivity index (χ4v) is 2.33. The van der Waals surface area contributed by atoms with Gasteiger partial charge >= 0.3 is 0 Å². The molecule has 1 unspecified atom stereocenters. The predicted octanol–water partition coefficient (Wildman–Crippen LogP) is 4.52. The summed E-state index contributed by atoms with van der Waals surface area (Å²) in [6.45, 7) is 0.565. The fourth-order valence-electron chi connectivity index (χ4n) is 2.21. The Morgan fingerprint density at radius 2 is 1.90 bits per heavy atom. The summed E-state index contributed by atoms with van der Waals surface area (Å²) in [7, 11) is 0. The summed E-state index contributed by atoms with van der Waals surface area (Å²) < 4.78 is 11.3. The summed E-state index contributed by atoms with van der Waals surface area (Å²) in [5.41, 5.74) is 0.933. The number of nitrogens with zero attached hydrogens (tertiary/aromatic N) is 1. The van der Waals surface area contributed by atoms with Crippen LogP contribution in [0.5, 0.6) is 17.2 Å². The number of fused-ring (bicyclic) bond motifs is 1. The summed E-state index contributed by atoms with van der Waals surface area (Å²) >= 11 is 5.84. The van der Waals surface area contributed by atoms with Gasteiger partial charge in [0.25, 0.3) is 0 Å². The molecule has 100 valence electrons. The van der Waals surface area contributed by atoms with Crippen LogP contribution in [-0.4, -0.2) is 6.61 Å². The van der Waals surface area contributed by atoms with Crippen LogP contribution < -0.4 is 9.47 Å². The molecule has 1 heterocycles. The number of hydrogen-bond acceptors (Lipinski definition) is 3. The van der Waals surface area contributed by atoms with Gasteiger partial charge in [-0.05, 0) is 30.3 Å². The van der Waals surface area contributed by atoms with Crippen LogP contribution in [0.3, 0.4) is 0 Å². The highest BCUT2D eigenvalue weighted by Gasteiger charge is 2.21. The van der Waals surface area contributed by atoms with Crippen molar-refractivity contribution in [2.75, 3.05) is 6.61 Å². The molecule has 1 aliphatic heterocycles. The Balaban J connectivity index is 1.85. The van der Waals surface area contributed by atoms with Crippen LogP contribution in [0.15, 0.2) is 42.5 Å². The second kappa shape index (κ2) is 5.44. The number of rotatable bonds is 2. The summed E-state index contributed by atoms with van der Waals surface area (Å²) in [6, 6.07) is 15.0. The molecule has 0 saturated heterocycles. The monoisotopic (exact) mass is 285 g/mol. The van der Waals surface area contributed by atoms with Crippen molar-refractivity contribution in [2.24, 2.45) is 0 Å². The minimum atomic E-state index is -0.0941. The van der Waals surface area contributed by atoms with Gasteiger partial charge in [-0.25, -0.2) is 0 Å². The maximum absolute atomic E-state index is 9.12. The highest BCUT2D eigenvalue weighted by molar-refractivity contribution is 6.30. The molecule has 2 aromatic carbocycles. The Kier molecular flexibility index (Phi) is 3.49. The average molecular weight is 286 g/mol. The van der Waals surface area contributed by atoms with E-state index in [2.05, 4.69) is 6.07 Å². The second-order valence-corrected chi connectivity index (χ2v) is 5.01. The van der Waals surface area contributed by atoms with Crippen molar-refractivity contribution < 1.29 is 9.47 Å². The van der Waals surface area contributed by atoms with Gasteiger partial charge in [0.1, 0.15) is 17.2 Å². The zero-order valence-electron chi connectivity index (χ0n) is 10.7. The zero-order chi connectivity index (χ0) is 13.9. The van der Waals surface area contributed by atoms with Crippen molar-refractivity contribution >= 4 is 11.6 Å². The number of ether oxygens (including phenoxy) is 2. The summed E-state index contributed by atoms with van der Waals surface area (Å²) in [4.78, 5) is 0. The first kappa shape index (κ1) is 12.8. The van der Waals surface area contributed by atoms with Crippen LogP contribution in [0, 0.1) is 11.3 Å². The lowest BCUT2D eigenvalue weighted by atomic mass is 9.94. The van der Waals surface area contributed by atoms with E-state index in [-0.39, 0.29) is 5.92 Å². The molecule has 1 aliphatic rings. The van der Waals surface area contributed by atoms with Gasteiger partial charge in [0.05, 0.1) is 18.6 Å². The molecule has 0 bridgehead atoms. The molecular weight excluding hydrogens is 274 g/mol. The van der Waals surface area contributed by atoms with Crippen LogP contribution in [0.25, 0.3) is 0 Å². The standard InChI is InChI=1S/C16H12ClNO2/c17-12-1-3-13(4-2-12)20-14-5-6-15-11(10-18)7-8-19-16(15)9-14/h1-6,9,11H,7-8H2. The minimum Gasteiger partial charge on any atom is -0.493 e. The van der Waals surface area contributed by atoms with Gasteiger partial charge in [0, 0.05) is 23.1 Å². The average Bonchev–Trinajstić information content (AvgIpc) is 2.49. The topological polar surface area (TPSA) is 42.2 Å². The first-order valence-corrected chi connectivity index (χ1v) is 6.74. The number of halogens is 1. The maximum Gasteiger partial charge on any atom is 0.131 e. The van der Waals surface area contributed by atoms with E-state index in [1.807, 2.05) is 18.2 Å². The van der Waals surface area contributed by atoms with Gasteiger partial charge in [0.2, 0.25) is 0 Å². The first-order valence-electron chi connectivity index (χ1n) is 6.36. The van der Waals surface area contributed by atoms with Gasteiger partial charge in [-0.15, -0.1) is 0 Å². The van der Waals surface area contributed by atoms with Crippen molar-refractivity contribution in [3.8, 4) is 23.3 Å². The molecule has 4 heteroatoms. The van der Waals surface area contributed by atoms with E-state index in [0.29, 0.717) is 23.1 Å². The molecule has 0 aliphatic carbocycles. The first-order chi connectivity index (χ1) is 9.76. The van der Waals surface area contributed by atoms with Gasteiger partial charge in [-0.2, -0.15) is 5.26 Å². The number of nitriles is 1. The Labute approximate surface area is 122 Å². The van der Waals surface area contributed by atoms with E-state index in [1.54, 1.807) is 24.3 Å². The molecule has 0 amide bonds. The van der Waals surface area contributed by atoms with Gasteiger partial charge in [-0.3, -0.25) is 0 Å². The quantitative estimate of drug-likeness (QED) is 0.814. The molecule has 0 spiro atoms. The van der Waals surface area contributed by atoms with Crippen LogP contribution >= 0.6 is 11.6 Å². The molecule has 1 atom stereocenters. The largest absolute Gasteiger partial charge is 0.493 e. The lowest BCUT2D eigenvalue weighted by Crippen LogP contribution is -2.12. The predicted molar refractivity (Wildman–Crippen MR) is 76.4 cm³/mol. The van der Waals surface area contributed by atoms with Gasteiger partial charge < -0.3 is 9.47 Å². The van der Waals surface area contributed by atoms with E-state index < -0.39 is 0 Å². The Morgan fingerprint density at radius 3 is 2.65 bits per heavy atom. The Morgan fingerprint density at radius 1 is 1.15 bits per heavy atom. The summed E-state index contributed by atoms with van der Waals surface area (Å²) in [5, 5.41) is 9.79. The van der Waals surface area contributed by atoms with Crippen molar-refractivity contribution in [1.82, 2.24) is 0 Å². The van der Waals surface area contributed by atoms with Crippen molar-refractivity contribution in [2.45, 2.75) is 12.3 Å². The van der Waals surface area contributed by atoms with Gasteiger partial charge in [-0.1, -0.05) is 17.7 Å². The molecule has 2 aromatic rings. The fraction of sp³-hybridized carbons (Fsp3) is 0.188. The van der Waals surface area contributed by atoms with Crippen molar-refractivity contribution in [3.05, 3.63) is 53.1 Å². The molecule has 20 heavy (non-hydrogen) atoms. The minimum absolute atomic E-state index is 0.0941. The number of benzene rings is 2. The van der Waals surface area contributed by atoms with Crippen LogP contribution in [0.1, 0.15) is 17.9 Å². The molecule has 0 radical (unpaired) electrons. The third-order valence-electron chi connectivity index (χ3n) is 3.23. The normalized spacial score (nSPS) is 16.7. The van der Waals surface area contributed by atoms with Crippen LogP contribution in [-0.2, 0) is 0 Å². The second-order valence-electron chi connectivity index (χ2n) is 4.57. The van der Waals surface area contributed by atoms with E-state index in [9.17, 15) is 0 Å². The molecule has 0 saturated carbocycles. The Hall–Kier alpha value is -2.18. The summed E-state index contributed by atoms with van der Waals surface area (Å²) in [5.74, 6) is 2.03. The molecule has 0 N–H and O–H groups in total. The molecule has 3 rings (SSSR count). The molecule has 0 aromatic heterocycles. The molecule has 3 nitrogen and oxygen atoms in total. The van der Waals surface area contributed by atoms with Crippen molar-refractivity contribution in [3.63, 3.8) is 0 Å².